The maximum atomic E-state index is 15.6. The number of fused-ring (bicyclic) bond motifs is 6. The lowest BCUT2D eigenvalue weighted by Crippen LogP contribution is -2.06. The van der Waals surface area contributed by atoms with Gasteiger partial charge in [-0.05, 0) is 104 Å². The summed E-state index contributed by atoms with van der Waals surface area (Å²) in [5, 5.41) is 15.2. The molecule has 0 saturated heterocycles. The van der Waals surface area contributed by atoms with Gasteiger partial charge in [-0.2, -0.15) is 5.26 Å². The van der Waals surface area contributed by atoms with Crippen LogP contribution in [0.2, 0.25) is 0 Å². The van der Waals surface area contributed by atoms with Crippen LogP contribution in [0.15, 0.2) is 103 Å². The first-order valence-corrected chi connectivity index (χ1v) is 15.3. The SMILES string of the molecule is Cc1ccc2c3ccc(C)cc3n(-c3cc(-c4c(F)cccc4F)cc(-n4c5cc(C)ccc5c5ccc(C)cc54)c3C#N)c2c1. The van der Waals surface area contributed by atoms with Gasteiger partial charge in [-0.15, -0.1) is 0 Å². The van der Waals surface area contributed by atoms with Crippen molar-refractivity contribution < 1.29 is 8.78 Å². The second kappa shape index (κ2) is 10.2. The number of hydrogen-bond acceptors (Lipinski definition) is 1. The smallest absolute Gasteiger partial charge is 0.133 e. The molecule has 6 aromatic carbocycles. The molecule has 0 aliphatic heterocycles. The van der Waals surface area contributed by atoms with E-state index in [4.69, 9.17) is 0 Å². The van der Waals surface area contributed by atoms with Gasteiger partial charge >= 0.3 is 0 Å². The van der Waals surface area contributed by atoms with E-state index in [-0.39, 0.29) is 5.56 Å². The van der Waals surface area contributed by atoms with Crippen LogP contribution in [-0.4, -0.2) is 9.13 Å². The summed E-state index contributed by atoms with van der Waals surface area (Å²) in [5.74, 6) is -1.33. The van der Waals surface area contributed by atoms with Crippen molar-refractivity contribution in [3.63, 3.8) is 0 Å². The molecule has 8 rings (SSSR count). The monoisotopic (exact) mass is 601 g/mol. The van der Waals surface area contributed by atoms with E-state index >= 15 is 8.78 Å². The van der Waals surface area contributed by atoms with Crippen molar-refractivity contribution in [2.24, 2.45) is 0 Å². The average Bonchev–Trinajstić information content (AvgIpc) is 3.50. The Kier molecular flexibility index (Phi) is 6.13. The Morgan fingerprint density at radius 1 is 0.500 bits per heavy atom. The molecule has 0 aliphatic carbocycles. The second-order valence-electron chi connectivity index (χ2n) is 12.4. The summed E-state index contributed by atoms with van der Waals surface area (Å²) in [5.41, 5.74) is 9.69. The van der Waals surface area contributed by atoms with E-state index < -0.39 is 11.6 Å². The minimum Gasteiger partial charge on any atom is -0.308 e. The topological polar surface area (TPSA) is 33.6 Å². The van der Waals surface area contributed by atoms with Gasteiger partial charge in [0.05, 0.1) is 39.0 Å². The highest BCUT2D eigenvalue weighted by atomic mass is 19.1. The van der Waals surface area contributed by atoms with Crippen molar-refractivity contribution in [3.05, 3.63) is 143 Å². The zero-order chi connectivity index (χ0) is 31.9. The number of aryl methyl sites for hydroxylation is 4. The normalized spacial score (nSPS) is 11.7. The quantitative estimate of drug-likeness (QED) is 0.198. The fourth-order valence-corrected chi connectivity index (χ4v) is 6.99. The first-order chi connectivity index (χ1) is 22.2. The number of aromatic nitrogens is 2. The number of nitrogens with zero attached hydrogens (tertiary/aromatic N) is 3. The van der Waals surface area contributed by atoms with Crippen LogP contribution in [0, 0.1) is 50.7 Å². The van der Waals surface area contributed by atoms with E-state index in [0.717, 1.165) is 65.9 Å². The van der Waals surface area contributed by atoms with Crippen LogP contribution >= 0.6 is 0 Å². The van der Waals surface area contributed by atoms with Gasteiger partial charge in [0.25, 0.3) is 0 Å². The number of hydrogen-bond donors (Lipinski definition) is 0. The number of halogens is 2. The number of benzene rings is 6. The minimum absolute atomic E-state index is 0.129. The summed E-state index contributed by atoms with van der Waals surface area (Å²) in [6, 6.07) is 35.1. The number of rotatable bonds is 3. The van der Waals surface area contributed by atoms with Crippen molar-refractivity contribution in [3.8, 4) is 28.6 Å². The molecule has 5 heteroatoms. The predicted molar refractivity (Wildman–Crippen MR) is 184 cm³/mol. The maximum Gasteiger partial charge on any atom is 0.133 e. The molecule has 0 amide bonds. The van der Waals surface area contributed by atoms with Gasteiger partial charge in [0.15, 0.2) is 0 Å². The lowest BCUT2D eigenvalue weighted by atomic mass is 9.99. The Labute approximate surface area is 265 Å². The summed E-state index contributed by atoms with van der Waals surface area (Å²) in [4.78, 5) is 0. The van der Waals surface area contributed by atoms with Crippen LogP contribution in [0.4, 0.5) is 8.78 Å². The van der Waals surface area contributed by atoms with Crippen molar-refractivity contribution in [2.75, 3.05) is 0 Å². The molecule has 0 radical (unpaired) electrons. The van der Waals surface area contributed by atoms with E-state index in [1.807, 2.05) is 27.7 Å². The van der Waals surface area contributed by atoms with Crippen molar-refractivity contribution in [1.82, 2.24) is 9.13 Å². The minimum atomic E-state index is -0.663. The highest BCUT2D eigenvalue weighted by molar-refractivity contribution is 6.11. The van der Waals surface area contributed by atoms with Crippen molar-refractivity contribution in [1.29, 1.82) is 5.26 Å². The molecular weight excluding hydrogens is 572 g/mol. The van der Waals surface area contributed by atoms with Crippen molar-refractivity contribution in [2.45, 2.75) is 27.7 Å². The molecule has 0 aliphatic rings. The van der Waals surface area contributed by atoms with Crippen molar-refractivity contribution >= 4 is 43.6 Å². The highest BCUT2D eigenvalue weighted by Gasteiger charge is 2.24. The molecule has 0 unspecified atom stereocenters. The fourth-order valence-electron chi connectivity index (χ4n) is 6.99. The van der Waals surface area contributed by atoms with Crippen LogP contribution in [0.3, 0.4) is 0 Å². The van der Waals surface area contributed by atoms with Gasteiger partial charge in [0.1, 0.15) is 23.3 Å². The van der Waals surface area contributed by atoms with Gasteiger partial charge in [0.2, 0.25) is 0 Å². The highest BCUT2D eigenvalue weighted by Crippen LogP contribution is 2.41. The third kappa shape index (κ3) is 4.07. The number of nitriles is 1. The van der Waals surface area contributed by atoms with E-state index in [1.54, 1.807) is 12.1 Å². The zero-order valence-corrected chi connectivity index (χ0v) is 25.9. The zero-order valence-electron chi connectivity index (χ0n) is 25.9. The summed E-state index contributed by atoms with van der Waals surface area (Å²) in [7, 11) is 0. The third-order valence-electron chi connectivity index (χ3n) is 9.10. The van der Waals surface area contributed by atoms with E-state index in [1.165, 1.54) is 18.2 Å². The van der Waals surface area contributed by atoms with Crippen LogP contribution in [0.5, 0.6) is 0 Å². The molecule has 0 saturated carbocycles. The van der Waals surface area contributed by atoms with E-state index in [9.17, 15) is 5.26 Å². The fraction of sp³-hybridized carbons (Fsp3) is 0.0976. The maximum absolute atomic E-state index is 15.6. The summed E-state index contributed by atoms with van der Waals surface area (Å²) in [6.45, 7) is 8.16. The average molecular weight is 602 g/mol. The van der Waals surface area contributed by atoms with Crippen LogP contribution in [-0.2, 0) is 0 Å². The van der Waals surface area contributed by atoms with Crippen LogP contribution in [0.25, 0.3) is 66.1 Å². The predicted octanol–water partition coefficient (Wildman–Crippen LogP) is 10.9. The van der Waals surface area contributed by atoms with Gasteiger partial charge < -0.3 is 9.13 Å². The molecule has 3 nitrogen and oxygen atoms in total. The molecule has 0 spiro atoms. The summed E-state index contributed by atoms with van der Waals surface area (Å²) in [6.07, 6.45) is 0. The molecule has 0 fully saturated rings. The Morgan fingerprint density at radius 3 is 1.17 bits per heavy atom. The lowest BCUT2D eigenvalue weighted by molar-refractivity contribution is 0.589. The van der Waals surface area contributed by atoms with Gasteiger partial charge in [-0.25, -0.2) is 8.78 Å². The molecule has 0 atom stereocenters. The Morgan fingerprint density at radius 2 is 0.848 bits per heavy atom. The van der Waals surface area contributed by atoms with Crippen LogP contribution < -0.4 is 0 Å². The first-order valence-electron chi connectivity index (χ1n) is 15.3. The Hall–Kier alpha value is -5.73. The largest absolute Gasteiger partial charge is 0.308 e. The van der Waals surface area contributed by atoms with Crippen LogP contribution in [0.1, 0.15) is 27.8 Å². The molecule has 2 heterocycles. The molecule has 8 aromatic rings. The van der Waals surface area contributed by atoms with Gasteiger partial charge in [-0.3, -0.25) is 0 Å². The molecule has 222 valence electrons. The van der Waals surface area contributed by atoms with E-state index in [2.05, 4.69) is 88.0 Å². The second-order valence-corrected chi connectivity index (χ2v) is 12.4. The lowest BCUT2D eigenvalue weighted by Gasteiger charge is -2.19. The van der Waals surface area contributed by atoms with E-state index in [0.29, 0.717) is 22.5 Å². The summed E-state index contributed by atoms with van der Waals surface area (Å²) < 4.78 is 35.3. The molecule has 0 bridgehead atoms. The van der Waals surface area contributed by atoms with Gasteiger partial charge in [-0.1, -0.05) is 54.6 Å². The van der Waals surface area contributed by atoms with Gasteiger partial charge in [0, 0.05) is 21.5 Å². The molecule has 46 heavy (non-hydrogen) atoms. The molecule has 2 aromatic heterocycles. The molecular formula is C41H29F2N3. The standard InChI is InChI=1S/C41H29F2N3/c1-23-8-12-28-29-13-9-24(2)17-36(29)45(35(28)16-23)39-20-27(41-33(42)6-5-7-34(41)43)21-40(32(39)22-44)46-37-18-25(3)10-14-30(37)31-15-11-26(4)19-38(31)46/h5-21H,1-4H3. The Bertz CT molecular complexity index is 2330. The summed E-state index contributed by atoms with van der Waals surface area (Å²) >= 11 is 0. The first kappa shape index (κ1) is 27.8. The third-order valence-corrected chi connectivity index (χ3v) is 9.10. The Balaban J connectivity index is 1.61. The molecule has 0 N–H and O–H groups in total.